The minimum Gasteiger partial charge on any atom is -0.387 e. The zero-order chi connectivity index (χ0) is 16.4. The van der Waals surface area contributed by atoms with Crippen molar-refractivity contribution in [2.75, 3.05) is 25.0 Å². The molecular weight excluding hydrogens is 288 g/mol. The zero-order valence-electron chi connectivity index (χ0n) is 13.5. The lowest BCUT2D eigenvalue weighted by Crippen LogP contribution is -2.28. The van der Waals surface area contributed by atoms with Gasteiger partial charge in [-0.3, -0.25) is 4.79 Å². The van der Waals surface area contributed by atoms with Crippen LogP contribution in [-0.2, 0) is 6.42 Å². The predicted octanol–water partition coefficient (Wildman–Crippen LogP) is 2.45. The van der Waals surface area contributed by atoms with Crippen LogP contribution in [0.1, 0.15) is 33.2 Å². The van der Waals surface area contributed by atoms with Gasteiger partial charge < -0.3 is 15.3 Å². The van der Waals surface area contributed by atoms with Crippen molar-refractivity contribution in [1.82, 2.24) is 5.32 Å². The molecule has 1 aliphatic heterocycles. The maximum atomic E-state index is 12.2. The Labute approximate surface area is 136 Å². The number of carbonyl (C=O) groups excluding carboxylic acids is 1. The van der Waals surface area contributed by atoms with Crippen LogP contribution in [-0.4, -0.2) is 31.2 Å². The normalized spacial score (nSPS) is 14.5. The molecular formula is C19H22N2O2. The average Bonchev–Trinajstić information content (AvgIpc) is 2.93. The highest BCUT2D eigenvalue weighted by Gasteiger charge is 2.18. The quantitative estimate of drug-likeness (QED) is 0.912. The molecule has 0 bridgehead atoms. The van der Waals surface area contributed by atoms with E-state index >= 15 is 0 Å². The number of carbonyl (C=O) groups is 1. The van der Waals surface area contributed by atoms with Gasteiger partial charge in [0.25, 0.3) is 5.91 Å². The molecule has 0 saturated heterocycles. The SMILES string of the molecule is Cc1ccccc1C(=O)NCC(O)c1ccc2c(c1)CCN2C. The van der Waals surface area contributed by atoms with Gasteiger partial charge in [-0.05, 0) is 42.2 Å². The van der Waals surface area contributed by atoms with E-state index in [4.69, 9.17) is 0 Å². The van der Waals surface area contributed by atoms with E-state index in [1.807, 2.05) is 43.3 Å². The fourth-order valence-electron chi connectivity index (χ4n) is 3.02. The number of aliphatic hydroxyl groups is 1. The second-order valence-corrected chi connectivity index (χ2v) is 6.10. The molecule has 3 rings (SSSR count). The number of amides is 1. The van der Waals surface area contributed by atoms with Crippen molar-refractivity contribution in [3.63, 3.8) is 0 Å². The number of likely N-dealkylation sites (N-methyl/N-ethyl adjacent to an activating group) is 1. The van der Waals surface area contributed by atoms with Crippen LogP contribution in [0.5, 0.6) is 0 Å². The van der Waals surface area contributed by atoms with Crippen molar-refractivity contribution >= 4 is 11.6 Å². The average molecular weight is 310 g/mol. The molecule has 0 saturated carbocycles. The number of nitrogens with one attached hydrogen (secondary N) is 1. The van der Waals surface area contributed by atoms with Crippen molar-refractivity contribution < 1.29 is 9.90 Å². The Kier molecular flexibility index (Phi) is 4.35. The molecule has 1 unspecified atom stereocenters. The number of hydrogen-bond donors (Lipinski definition) is 2. The van der Waals surface area contributed by atoms with Crippen LogP contribution in [0.2, 0.25) is 0 Å². The van der Waals surface area contributed by atoms with E-state index in [9.17, 15) is 9.90 Å². The second-order valence-electron chi connectivity index (χ2n) is 6.10. The Balaban J connectivity index is 1.65. The van der Waals surface area contributed by atoms with Crippen molar-refractivity contribution in [1.29, 1.82) is 0 Å². The number of rotatable bonds is 4. The number of aliphatic hydroxyl groups excluding tert-OH is 1. The van der Waals surface area contributed by atoms with E-state index in [1.54, 1.807) is 6.07 Å². The van der Waals surface area contributed by atoms with Crippen LogP contribution in [0.15, 0.2) is 42.5 Å². The maximum Gasteiger partial charge on any atom is 0.251 e. The van der Waals surface area contributed by atoms with Crippen LogP contribution >= 0.6 is 0 Å². The molecule has 0 aromatic heterocycles. The van der Waals surface area contributed by atoms with Gasteiger partial charge in [0.15, 0.2) is 0 Å². The molecule has 0 aliphatic carbocycles. The van der Waals surface area contributed by atoms with E-state index in [0.717, 1.165) is 24.1 Å². The van der Waals surface area contributed by atoms with Crippen LogP contribution in [0, 0.1) is 6.92 Å². The third-order valence-corrected chi connectivity index (χ3v) is 4.46. The van der Waals surface area contributed by atoms with Gasteiger partial charge in [0.2, 0.25) is 0 Å². The fourth-order valence-corrected chi connectivity index (χ4v) is 3.02. The molecule has 2 aromatic carbocycles. The molecule has 0 spiro atoms. The van der Waals surface area contributed by atoms with E-state index in [2.05, 4.69) is 17.3 Å². The molecule has 4 heteroatoms. The first-order chi connectivity index (χ1) is 11.1. The molecule has 23 heavy (non-hydrogen) atoms. The van der Waals surface area contributed by atoms with Gasteiger partial charge in [-0.1, -0.05) is 30.3 Å². The molecule has 1 aliphatic rings. The first-order valence-electron chi connectivity index (χ1n) is 7.92. The molecule has 0 radical (unpaired) electrons. The highest BCUT2D eigenvalue weighted by molar-refractivity contribution is 5.95. The molecule has 1 amide bonds. The molecule has 4 nitrogen and oxygen atoms in total. The van der Waals surface area contributed by atoms with Gasteiger partial charge >= 0.3 is 0 Å². The highest BCUT2D eigenvalue weighted by Crippen LogP contribution is 2.29. The van der Waals surface area contributed by atoms with E-state index in [-0.39, 0.29) is 12.5 Å². The Bertz CT molecular complexity index is 727. The number of benzene rings is 2. The lowest BCUT2D eigenvalue weighted by Gasteiger charge is -2.16. The zero-order valence-corrected chi connectivity index (χ0v) is 13.5. The van der Waals surface area contributed by atoms with Crippen LogP contribution in [0.3, 0.4) is 0 Å². The smallest absolute Gasteiger partial charge is 0.251 e. The van der Waals surface area contributed by atoms with Crippen molar-refractivity contribution in [2.24, 2.45) is 0 Å². The van der Waals surface area contributed by atoms with Crippen molar-refractivity contribution in [2.45, 2.75) is 19.4 Å². The number of aryl methyl sites for hydroxylation is 1. The van der Waals surface area contributed by atoms with Crippen molar-refractivity contribution in [3.8, 4) is 0 Å². The summed E-state index contributed by atoms with van der Waals surface area (Å²) in [6, 6.07) is 13.5. The summed E-state index contributed by atoms with van der Waals surface area (Å²) in [6.45, 7) is 3.13. The Hall–Kier alpha value is -2.33. The van der Waals surface area contributed by atoms with Crippen molar-refractivity contribution in [3.05, 3.63) is 64.7 Å². The fraction of sp³-hybridized carbons (Fsp3) is 0.316. The summed E-state index contributed by atoms with van der Waals surface area (Å²) < 4.78 is 0. The Morgan fingerprint density at radius 3 is 2.87 bits per heavy atom. The summed E-state index contributed by atoms with van der Waals surface area (Å²) in [4.78, 5) is 14.4. The molecule has 2 N–H and O–H groups in total. The summed E-state index contributed by atoms with van der Waals surface area (Å²) in [6.07, 6.45) is 0.307. The third kappa shape index (κ3) is 3.22. The summed E-state index contributed by atoms with van der Waals surface area (Å²) >= 11 is 0. The van der Waals surface area contributed by atoms with Gasteiger partial charge in [-0.25, -0.2) is 0 Å². The Morgan fingerprint density at radius 2 is 2.09 bits per heavy atom. The van der Waals surface area contributed by atoms with Crippen LogP contribution < -0.4 is 10.2 Å². The molecule has 120 valence electrons. The monoisotopic (exact) mass is 310 g/mol. The molecule has 2 aromatic rings. The third-order valence-electron chi connectivity index (χ3n) is 4.46. The van der Waals surface area contributed by atoms with E-state index in [1.165, 1.54) is 11.3 Å². The summed E-state index contributed by atoms with van der Waals surface area (Å²) in [7, 11) is 2.07. The number of anilines is 1. The first-order valence-corrected chi connectivity index (χ1v) is 7.92. The van der Waals surface area contributed by atoms with Crippen LogP contribution in [0.4, 0.5) is 5.69 Å². The van der Waals surface area contributed by atoms with Gasteiger partial charge in [0.05, 0.1) is 6.10 Å². The summed E-state index contributed by atoms with van der Waals surface area (Å²) in [5.74, 6) is -0.150. The lowest BCUT2D eigenvalue weighted by molar-refractivity contribution is 0.0915. The number of hydrogen-bond acceptors (Lipinski definition) is 3. The minimum absolute atomic E-state index is 0.150. The van der Waals surface area contributed by atoms with Gasteiger partial charge in [-0.15, -0.1) is 0 Å². The van der Waals surface area contributed by atoms with E-state index < -0.39 is 6.10 Å². The van der Waals surface area contributed by atoms with Gasteiger partial charge in [0, 0.05) is 31.4 Å². The maximum absolute atomic E-state index is 12.2. The minimum atomic E-state index is -0.695. The van der Waals surface area contributed by atoms with E-state index in [0.29, 0.717) is 5.56 Å². The second kappa shape index (κ2) is 6.42. The van der Waals surface area contributed by atoms with Gasteiger partial charge in [0.1, 0.15) is 0 Å². The van der Waals surface area contributed by atoms with Gasteiger partial charge in [-0.2, -0.15) is 0 Å². The standard InChI is InChI=1S/C19H22N2O2/c1-13-5-3-4-6-16(13)19(23)20-12-18(22)15-7-8-17-14(11-15)9-10-21(17)2/h3-8,11,18,22H,9-10,12H2,1-2H3,(H,20,23). The summed E-state index contributed by atoms with van der Waals surface area (Å²) in [5, 5.41) is 13.2. The first kappa shape index (κ1) is 15.6. The largest absolute Gasteiger partial charge is 0.387 e. The Morgan fingerprint density at radius 1 is 1.30 bits per heavy atom. The topological polar surface area (TPSA) is 52.6 Å². The number of fused-ring (bicyclic) bond motifs is 1. The highest BCUT2D eigenvalue weighted by atomic mass is 16.3. The molecule has 1 heterocycles. The molecule has 0 fully saturated rings. The predicted molar refractivity (Wildman–Crippen MR) is 91.9 cm³/mol. The lowest BCUT2D eigenvalue weighted by atomic mass is 10.0. The summed E-state index contributed by atoms with van der Waals surface area (Å²) in [5.41, 5.74) is 4.92. The number of nitrogens with zero attached hydrogens (tertiary/aromatic N) is 1. The molecule has 1 atom stereocenters. The van der Waals surface area contributed by atoms with Crippen LogP contribution in [0.25, 0.3) is 0 Å².